The van der Waals surface area contributed by atoms with Crippen LogP contribution in [-0.4, -0.2) is 25.5 Å². The summed E-state index contributed by atoms with van der Waals surface area (Å²) in [7, 11) is 1.38. The van der Waals surface area contributed by atoms with Gasteiger partial charge in [-0.2, -0.15) is 0 Å². The van der Waals surface area contributed by atoms with Crippen LogP contribution >= 0.6 is 0 Å². The van der Waals surface area contributed by atoms with E-state index in [2.05, 4.69) is 10.6 Å². The maximum atomic E-state index is 13.0. The van der Waals surface area contributed by atoms with Gasteiger partial charge in [-0.1, -0.05) is 20.8 Å². The van der Waals surface area contributed by atoms with E-state index in [1.165, 1.54) is 25.3 Å². The number of hydrogen-bond donors (Lipinski definition) is 2. The highest BCUT2D eigenvalue weighted by Crippen LogP contribution is 2.24. The lowest BCUT2D eigenvalue weighted by Gasteiger charge is -2.17. The number of carbonyl (C=O) groups is 2. The van der Waals surface area contributed by atoms with Crippen LogP contribution in [0.3, 0.4) is 0 Å². The van der Waals surface area contributed by atoms with Crippen molar-refractivity contribution >= 4 is 17.5 Å². The Hall–Kier alpha value is -2.11. The molecule has 0 radical (unpaired) electrons. The molecule has 0 saturated heterocycles. The normalized spacial score (nSPS) is 10.8. The van der Waals surface area contributed by atoms with Crippen molar-refractivity contribution < 1.29 is 18.7 Å². The summed E-state index contributed by atoms with van der Waals surface area (Å²) in [6.07, 6.45) is 0. The van der Waals surface area contributed by atoms with E-state index in [-0.39, 0.29) is 18.2 Å². The fraction of sp³-hybridized carbons (Fsp3) is 0.429. The fourth-order valence-corrected chi connectivity index (χ4v) is 1.39. The molecule has 0 aliphatic heterocycles. The van der Waals surface area contributed by atoms with Gasteiger partial charge in [0, 0.05) is 11.5 Å². The van der Waals surface area contributed by atoms with Crippen molar-refractivity contribution in [2.24, 2.45) is 5.41 Å². The summed E-state index contributed by atoms with van der Waals surface area (Å²) < 4.78 is 18.0. The Bertz CT molecular complexity index is 510. The first kappa shape index (κ1) is 15.9. The molecule has 2 N–H and O–H groups in total. The molecule has 5 nitrogen and oxygen atoms in total. The topological polar surface area (TPSA) is 67.4 Å². The maximum absolute atomic E-state index is 13.0. The molecule has 0 heterocycles. The van der Waals surface area contributed by atoms with Crippen LogP contribution in [0, 0.1) is 11.2 Å². The third-order valence-corrected chi connectivity index (χ3v) is 2.53. The summed E-state index contributed by atoms with van der Waals surface area (Å²) in [5.74, 6) is -0.868. The Balaban J connectivity index is 2.61. The fourth-order valence-electron chi connectivity index (χ4n) is 1.39. The molecule has 0 unspecified atom stereocenters. The SMILES string of the molecule is COc1cc(F)ccc1NC(=O)CNC(=O)C(C)(C)C. The summed E-state index contributed by atoms with van der Waals surface area (Å²) in [6.45, 7) is 5.10. The van der Waals surface area contributed by atoms with Gasteiger partial charge in [-0.05, 0) is 12.1 Å². The van der Waals surface area contributed by atoms with Crippen LogP contribution in [0.4, 0.5) is 10.1 Å². The monoisotopic (exact) mass is 282 g/mol. The number of ether oxygens (including phenoxy) is 1. The highest BCUT2D eigenvalue weighted by molar-refractivity contribution is 5.96. The van der Waals surface area contributed by atoms with Crippen LogP contribution in [0.25, 0.3) is 0 Å². The lowest BCUT2D eigenvalue weighted by molar-refractivity contribution is -0.130. The van der Waals surface area contributed by atoms with E-state index in [0.717, 1.165) is 0 Å². The number of hydrogen-bond acceptors (Lipinski definition) is 3. The maximum Gasteiger partial charge on any atom is 0.243 e. The van der Waals surface area contributed by atoms with E-state index < -0.39 is 17.1 Å². The smallest absolute Gasteiger partial charge is 0.243 e. The average molecular weight is 282 g/mol. The lowest BCUT2D eigenvalue weighted by Crippen LogP contribution is -2.39. The molecule has 0 aliphatic carbocycles. The Labute approximate surface area is 117 Å². The zero-order valence-corrected chi connectivity index (χ0v) is 12.0. The lowest BCUT2D eigenvalue weighted by atomic mass is 9.96. The number of carbonyl (C=O) groups excluding carboxylic acids is 2. The molecular formula is C14H19FN2O3. The van der Waals surface area contributed by atoms with Gasteiger partial charge in [0.2, 0.25) is 11.8 Å². The number of methoxy groups -OCH3 is 1. The Morgan fingerprint density at radius 3 is 2.50 bits per heavy atom. The van der Waals surface area contributed by atoms with Gasteiger partial charge in [-0.25, -0.2) is 4.39 Å². The summed E-state index contributed by atoms with van der Waals surface area (Å²) >= 11 is 0. The summed E-state index contributed by atoms with van der Waals surface area (Å²) in [5, 5.41) is 5.08. The van der Waals surface area contributed by atoms with Crippen LogP contribution in [0.1, 0.15) is 20.8 Å². The molecule has 0 saturated carbocycles. The molecule has 1 rings (SSSR count). The van der Waals surface area contributed by atoms with Crippen LogP contribution in [0.5, 0.6) is 5.75 Å². The molecule has 110 valence electrons. The van der Waals surface area contributed by atoms with Crippen molar-refractivity contribution in [3.8, 4) is 5.75 Å². The quantitative estimate of drug-likeness (QED) is 0.886. The molecule has 0 spiro atoms. The predicted octanol–water partition coefficient (Wildman–Crippen LogP) is 1.94. The van der Waals surface area contributed by atoms with Crippen LogP contribution in [0.15, 0.2) is 18.2 Å². The van der Waals surface area contributed by atoms with Crippen molar-refractivity contribution in [3.05, 3.63) is 24.0 Å². The zero-order chi connectivity index (χ0) is 15.3. The summed E-state index contributed by atoms with van der Waals surface area (Å²) in [4.78, 5) is 23.3. The Morgan fingerprint density at radius 2 is 1.95 bits per heavy atom. The average Bonchev–Trinajstić information content (AvgIpc) is 2.36. The number of halogens is 1. The van der Waals surface area contributed by atoms with Crippen LogP contribution in [0.2, 0.25) is 0 Å². The first-order valence-electron chi connectivity index (χ1n) is 6.15. The molecule has 0 atom stereocenters. The molecule has 6 heteroatoms. The van der Waals surface area contributed by atoms with Gasteiger partial charge in [0.25, 0.3) is 0 Å². The molecule has 1 aromatic rings. The predicted molar refractivity (Wildman–Crippen MR) is 74.0 cm³/mol. The van der Waals surface area contributed by atoms with E-state index in [0.29, 0.717) is 5.69 Å². The Morgan fingerprint density at radius 1 is 1.30 bits per heavy atom. The van der Waals surface area contributed by atoms with Crippen molar-refractivity contribution in [2.45, 2.75) is 20.8 Å². The number of nitrogens with one attached hydrogen (secondary N) is 2. The number of rotatable bonds is 4. The van der Waals surface area contributed by atoms with E-state index in [9.17, 15) is 14.0 Å². The van der Waals surface area contributed by atoms with Crippen LogP contribution in [-0.2, 0) is 9.59 Å². The second kappa shape index (κ2) is 6.36. The first-order chi connectivity index (χ1) is 9.24. The standard InChI is InChI=1S/C14H19FN2O3/c1-14(2,3)13(19)16-8-12(18)17-10-6-5-9(15)7-11(10)20-4/h5-7H,8H2,1-4H3,(H,16,19)(H,17,18). The highest BCUT2D eigenvalue weighted by atomic mass is 19.1. The summed E-state index contributed by atoms with van der Waals surface area (Å²) in [6, 6.07) is 3.78. The van der Waals surface area contributed by atoms with Gasteiger partial charge >= 0.3 is 0 Å². The molecule has 0 fully saturated rings. The second-order valence-electron chi connectivity index (χ2n) is 5.33. The van der Waals surface area contributed by atoms with Crippen molar-refractivity contribution in [2.75, 3.05) is 19.0 Å². The second-order valence-corrected chi connectivity index (χ2v) is 5.33. The molecular weight excluding hydrogens is 263 g/mol. The third kappa shape index (κ3) is 4.53. The van der Waals surface area contributed by atoms with Gasteiger partial charge in [0.05, 0.1) is 19.3 Å². The molecule has 0 bridgehead atoms. The molecule has 1 aromatic carbocycles. The van der Waals surface area contributed by atoms with E-state index in [1.54, 1.807) is 20.8 Å². The minimum Gasteiger partial charge on any atom is -0.494 e. The zero-order valence-electron chi connectivity index (χ0n) is 12.0. The van der Waals surface area contributed by atoms with Crippen molar-refractivity contribution in [1.82, 2.24) is 5.32 Å². The minimum atomic E-state index is -0.562. The highest BCUT2D eigenvalue weighted by Gasteiger charge is 2.21. The van der Waals surface area contributed by atoms with Gasteiger partial charge in [0.15, 0.2) is 0 Å². The molecule has 2 amide bonds. The summed E-state index contributed by atoms with van der Waals surface area (Å²) in [5.41, 5.74) is -0.211. The van der Waals surface area contributed by atoms with Gasteiger partial charge in [0.1, 0.15) is 11.6 Å². The molecule has 0 aromatic heterocycles. The number of benzene rings is 1. The van der Waals surface area contributed by atoms with E-state index in [4.69, 9.17) is 4.74 Å². The van der Waals surface area contributed by atoms with Gasteiger partial charge < -0.3 is 15.4 Å². The number of anilines is 1. The van der Waals surface area contributed by atoms with Gasteiger partial charge in [-0.3, -0.25) is 9.59 Å². The minimum absolute atomic E-state index is 0.156. The van der Waals surface area contributed by atoms with Crippen LogP contribution < -0.4 is 15.4 Å². The number of amides is 2. The van der Waals surface area contributed by atoms with Crippen molar-refractivity contribution in [1.29, 1.82) is 0 Å². The first-order valence-corrected chi connectivity index (χ1v) is 6.15. The molecule has 0 aliphatic rings. The Kier molecular flexibility index (Phi) is 5.07. The van der Waals surface area contributed by atoms with Gasteiger partial charge in [-0.15, -0.1) is 0 Å². The largest absolute Gasteiger partial charge is 0.494 e. The van der Waals surface area contributed by atoms with E-state index in [1.807, 2.05) is 0 Å². The molecule has 20 heavy (non-hydrogen) atoms. The third-order valence-electron chi connectivity index (χ3n) is 2.53. The van der Waals surface area contributed by atoms with Crippen molar-refractivity contribution in [3.63, 3.8) is 0 Å². The van der Waals surface area contributed by atoms with E-state index >= 15 is 0 Å².